The quantitative estimate of drug-likeness (QED) is 0.572. The van der Waals surface area contributed by atoms with E-state index in [1.807, 2.05) is 6.92 Å². The molecule has 1 amide bonds. The number of hydrogen-bond acceptors (Lipinski definition) is 5. The number of amides is 1. The van der Waals surface area contributed by atoms with E-state index in [1.165, 1.54) is 13.0 Å². The predicted octanol–water partition coefficient (Wildman–Crippen LogP) is 0.285. The minimum Gasteiger partial charge on any atom is -0.433 e. The van der Waals surface area contributed by atoms with Gasteiger partial charge in [0.25, 0.3) is 0 Å². The van der Waals surface area contributed by atoms with E-state index in [1.54, 1.807) is 0 Å². The number of ether oxygens (including phenoxy) is 1. The van der Waals surface area contributed by atoms with Crippen LogP contribution in [0.3, 0.4) is 0 Å². The fourth-order valence-electron chi connectivity index (χ4n) is 4.35. The molecule has 6 heteroatoms. The van der Waals surface area contributed by atoms with Crippen LogP contribution in [0.15, 0.2) is 11.6 Å². The number of ketones is 1. The molecule has 5 rings (SSSR count). The number of esters is 1. The zero-order chi connectivity index (χ0) is 15.6. The lowest BCUT2D eigenvalue weighted by Gasteiger charge is -2.68. The number of hydrogen-bond donors (Lipinski definition) is 2. The van der Waals surface area contributed by atoms with E-state index in [2.05, 4.69) is 0 Å². The van der Waals surface area contributed by atoms with Gasteiger partial charge >= 0.3 is 5.97 Å². The number of nitrogens with two attached hydrogens (primary N) is 1. The molecule has 0 radical (unpaired) electrons. The Labute approximate surface area is 122 Å². The third-order valence-electron chi connectivity index (χ3n) is 5.66. The van der Waals surface area contributed by atoms with Crippen molar-refractivity contribution in [1.29, 1.82) is 0 Å². The highest BCUT2D eigenvalue weighted by molar-refractivity contribution is 6.02. The summed E-state index contributed by atoms with van der Waals surface area (Å²) in [5, 5.41) is 10.3. The largest absolute Gasteiger partial charge is 0.433 e. The summed E-state index contributed by atoms with van der Waals surface area (Å²) in [6.45, 7) is 3.33. The first-order chi connectivity index (χ1) is 9.70. The molecular formula is C15H19NO5. The van der Waals surface area contributed by atoms with Crippen LogP contribution in [-0.4, -0.2) is 28.6 Å². The zero-order valence-corrected chi connectivity index (χ0v) is 12.1. The molecule has 3 N–H and O–H groups in total. The van der Waals surface area contributed by atoms with E-state index in [-0.39, 0.29) is 35.5 Å². The molecule has 5 aliphatic rings. The molecule has 4 bridgehead atoms. The molecule has 0 spiro atoms. The van der Waals surface area contributed by atoms with E-state index in [9.17, 15) is 19.5 Å². The van der Waals surface area contributed by atoms with Gasteiger partial charge in [-0.3, -0.25) is 14.4 Å². The lowest BCUT2D eigenvalue weighted by Crippen LogP contribution is -2.74. The highest BCUT2D eigenvalue weighted by atomic mass is 16.7. The first-order valence-electron chi connectivity index (χ1n) is 7.17. The number of rotatable bonds is 4. The summed E-state index contributed by atoms with van der Waals surface area (Å²) in [7, 11) is 0. The molecule has 114 valence electrons. The molecule has 5 fully saturated rings. The number of allylic oxidation sites excluding steroid dienone is 1. The molecular weight excluding hydrogens is 274 g/mol. The molecule has 2 heterocycles. The van der Waals surface area contributed by atoms with Crippen molar-refractivity contribution >= 4 is 17.7 Å². The molecule has 6 nitrogen and oxygen atoms in total. The highest BCUT2D eigenvalue weighted by Gasteiger charge is 2.75. The van der Waals surface area contributed by atoms with Crippen LogP contribution in [0.2, 0.25) is 0 Å². The van der Waals surface area contributed by atoms with Gasteiger partial charge in [-0.05, 0) is 31.3 Å². The molecule has 0 aromatic heterocycles. The number of aliphatic hydroxyl groups is 1. The summed E-state index contributed by atoms with van der Waals surface area (Å²) in [6, 6.07) is 0. The van der Waals surface area contributed by atoms with Crippen molar-refractivity contribution in [2.75, 3.05) is 0 Å². The number of carbonyl (C=O) groups excluding carboxylic acids is 3. The summed E-state index contributed by atoms with van der Waals surface area (Å²) >= 11 is 0. The van der Waals surface area contributed by atoms with E-state index < -0.39 is 23.1 Å². The van der Waals surface area contributed by atoms with Crippen molar-refractivity contribution in [2.24, 2.45) is 28.9 Å². The minimum atomic E-state index is -1.37. The summed E-state index contributed by atoms with van der Waals surface area (Å²) in [4.78, 5) is 35.4. The van der Waals surface area contributed by atoms with E-state index in [4.69, 9.17) is 10.5 Å². The summed E-state index contributed by atoms with van der Waals surface area (Å²) in [6.07, 6.45) is 2.45. The average Bonchev–Trinajstić information content (AvgIpc) is 2.36. The van der Waals surface area contributed by atoms with Gasteiger partial charge in [-0.25, -0.2) is 0 Å². The lowest BCUT2D eigenvalue weighted by atomic mass is 9.40. The van der Waals surface area contributed by atoms with Gasteiger partial charge in [0.15, 0.2) is 5.78 Å². The highest BCUT2D eigenvalue weighted by Crippen LogP contribution is 2.70. The van der Waals surface area contributed by atoms with Crippen molar-refractivity contribution in [1.82, 2.24) is 0 Å². The number of primary amides is 1. The van der Waals surface area contributed by atoms with E-state index in [0.717, 1.165) is 6.42 Å². The van der Waals surface area contributed by atoms with Gasteiger partial charge in [-0.15, -0.1) is 0 Å². The molecule has 3 aliphatic carbocycles. The zero-order valence-electron chi connectivity index (χ0n) is 12.1. The Morgan fingerprint density at radius 3 is 2.71 bits per heavy atom. The van der Waals surface area contributed by atoms with Crippen molar-refractivity contribution in [2.45, 2.75) is 38.9 Å². The smallest absolute Gasteiger partial charge is 0.315 e. The Hall–Kier alpha value is -1.69. The van der Waals surface area contributed by atoms with Crippen LogP contribution in [0, 0.1) is 23.2 Å². The topological polar surface area (TPSA) is 107 Å². The van der Waals surface area contributed by atoms with Crippen LogP contribution < -0.4 is 5.73 Å². The Morgan fingerprint density at radius 2 is 2.19 bits per heavy atom. The van der Waals surface area contributed by atoms with Gasteiger partial charge < -0.3 is 15.6 Å². The monoisotopic (exact) mass is 293 g/mol. The second-order valence-corrected chi connectivity index (χ2v) is 6.64. The Morgan fingerprint density at radius 1 is 1.52 bits per heavy atom. The van der Waals surface area contributed by atoms with Gasteiger partial charge in [-0.1, -0.05) is 6.92 Å². The van der Waals surface area contributed by atoms with Crippen LogP contribution in [-0.2, 0) is 19.1 Å². The van der Waals surface area contributed by atoms with Crippen molar-refractivity contribution in [3.63, 3.8) is 0 Å². The third-order valence-corrected chi connectivity index (χ3v) is 5.66. The SMILES string of the molecule is C/C(=C\C(=O)CC12C(=O)OC3(O)CC1CC2[C@@H]3C)C(N)=O. The van der Waals surface area contributed by atoms with E-state index >= 15 is 0 Å². The molecule has 0 aromatic rings. The predicted molar refractivity (Wildman–Crippen MR) is 71.4 cm³/mol. The Bertz CT molecular complexity index is 583. The van der Waals surface area contributed by atoms with Crippen LogP contribution in [0.5, 0.6) is 0 Å². The fourth-order valence-corrected chi connectivity index (χ4v) is 4.35. The van der Waals surface area contributed by atoms with Crippen LogP contribution in [0.4, 0.5) is 0 Å². The third kappa shape index (κ3) is 1.71. The Kier molecular flexibility index (Phi) is 2.82. The maximum atomic E-state index is 12.3. The van der Waals surface area contributed by atoms with Crippen molar-refractivity contribution < 1.29 is 24.2 Å². The molecule has 5 atom stereocenters. The summed E-state index contributed by atoms with van der Waals surface area (Å²) in [5.74, 6) is -3.01. The van der Waals surface area contributed by atoms with Gasteiger partial charge in [0.1, 0.15) is 0 Å². The maximum Gasteiger partial charge on any atom is 0.315 e. The minimum absolute atomic E-state index is 0.0174. The standard InChI is InChI=1S/C15H19NO5/c1-7(12(16)18)3-10(17)6-14-9-4-11(14)8(2)15(20,5-9)21-13(14)19/h3,8-9,11,20H,4-6H2,1-2H3,(H2,16,18)/b7-3+/t8-,9?,11?,14?,15?/m0/s1. The van der Waals surface area contributed by atoms with Crippen molar-refractivity contribution in [3.05, 3.63) is 11.6 Å². The lowest BCUT2D eigenvalue weighted by molar-refractivity contribution is -0.354. The molecule has 2 saturated heterocycles. The normalized spacial score (nSPS) is 44.0. The molecule has 4 unspecified atom stereocenters. The van der Waals surface area contributed by atoms with Crippen molar-refractivity contribution in [3.8, 4) is 0 Å². The van der Waals surface area contributed by atoms with Crippen LogP contribution in [0.1, 0.15) is 33.1 Å². The first-order valence-corrected chi connectivity index (χ1v) is 7.17. The second-order valence-electron chi connectivity index (χ2n) is 6.64. The van der Waals surface area contributed by atoms with Crippen LogP contribution in [0.25, 0.3) is 0 Å². The average molecular weight is 293 g/mol. The fraction of sp³-hybridized carbons (Fsp3) is 0.667. The van der Waals surface area contributed by atoms with Gasteiger partial charge in [0.2, 0.25) is 11.7 Å². The van der Waals surface area contributed by atoms with Gasteiger partial charge in [0, 0.05) is 24.3 Å². The van der Waals surface area contributed by atoms with Gasteiger partial charge in [0.05, 0.1) is 5.41 Å². The second kappa shape index (κ2) is 4.16. The van der Waals surface area contributed by atoms with Crippen LogP contribution >= 0.6 is 0 Å². The summed E-state index contributed by atoms with van der Waals surface area (Å²) < 4.78 is 5.19. The maximum absolute atomic E-state index is 12.3. The van der Waals surface area contributed by atoms with E-state index in [0.29, 0.717) is 6.42 Å². The molecule has 21 heavy (non-hydrogen) atoms. The molecule has 3 saturated carbocycles. The first kappa shape index (κ1) is 14.3. The van der Waals surface area contributed by atoms with Gasteiger partial charge in [-0.2, -0.15) is 0 Å². The molecule has 2 aliphatic heterocycles. The number of fused-ring (bicyclic) bond motifs is 1. The molecule has 0 aromatic carbocycles. The summed E-state index contributed by atoms with van der Waals surface area (Å²) in [5.41, 5.74) is 4.46. The Balaban J connectivity index is 1.86. The number of carbonyl (C=O) groups is 3.